The van der Waals surface area contributed by atoms with Gasteiger partial charge < -0.3 is 15.1 Å². The van der Waals surface area contributed by atoms with Crippen molar-refractivity contribution in [3.63, 3.8) is 0 Å². The van der Waals surface area contributed by atoms with E-state index in [0.29, 0.717) is 11.9 Å². The molecule has 0 fully saturated rings. The molecular formula is C13H26N4O. The minimum absolute atomic E-state index is 0.115. The summed E-state index contributed by atoms with van der Waals surface area (Å²) in [5.74, 6) is 1.39. The Morgan fingerprint density at radius 3 is 2.61 bits per heavy atom. The number of nitrogens with zero attached hydrogens (tertiary/aromatic N) is 2. The van der Waals surface area contributed by atoms with Gasteiger partial charge in [0, 0.05) is 6.54 Å². The first-order valence-electron chi connectivity index (χ1n) is 6.94. The molecule has 0 aliphatic rings. The van der Waals surface area contributed by atoms with Crippen LogP contribution in [0.5, 0.6) is 0 Å². The summed E-state index contributed by atoms with van der Waals surface area (Å²) in [5, 5.41) is 14.5. The zero-order valence-corrected chi connectivity index (χ0v) is 12.0. The van der Waals surface area contributed by atoms with Crippen molar-refractivity contribution >= 4 is 6.01 Å². The van der Waals surface area contributed by atoms with Gasteiger partial charge in [-0.15, -0.1) is 5.10 Å². The Morgan fingerprint density at radius 1 is 1.17 bits per heavy atom. The van der Waals surface area contributed by atoms with Crippen molar-refractivity contribution in [3.8, 4) is 0 Å². The predicted molar refractivity (Wildman–Crippen MR) is 73.6 cm³/mol. The van der Waals surface area contributed by atoms with E-state index in [1.165, 1.54) is 6.42 Å². The lowest BCUT2D eigenvalue weighted by Crippen LogP contribution is -2.19. The predicted octanol–water partition coefficient (Wildman–Crippen LogP) is 2.98. The molecule has 1 rings (SSSR count). The molecule has 0 radical (unpaired) electrons. The van der Waals surface area contributed by atoms with Crippen LogP contribution in [0.25, 0.3) is 0 Å². The molecule has 0 aliphatic carbocycles. The highest BCUT2D eigenvalue weighted by Gasteiger charge is 2.12. The van der Waals surface area contributed by atoms with Crippen LogP contribution in [-0.2, 0) is 0 Å². The van der Waals surface area contributed by atoms with Crippen molar-refractivity contribution in [2.75, 3.05) is 18.4 Å². The third kappa shape index (κ3) is 5.49. The molecule has 1 aromatic heterocycles. The highest BCUT2D eigenvalue weighted by molar-refractivity contribution is 5.16. The van der Waals surface area contributed by atoms with Crippen LogP contribution in [-0.4, -0.2) is 23.3 Å². The minimum Gasteiger partial charge on any atom is -0.406 e. The monoisotopic (exact) mass is 254 g/mol. The normalized spacial score (nSPS) is 12.9. The van der Waals surface area contributed by atoms with Crippen molar-refractivity contribution < 1.29 is 4.42 Å². The second kappa shape index (κ2) is 8.08. The van der Waals surface area contributed by atoms with Gasteiger partial charge in [0.05, 0.1) is 6.04 Å². The molecule has 2 N–H and O–H groups in total. The Kier molecular flexibility index (Phi) is 6.72. The number of hydrogen-bond acceptors (Lipinski definition) is 5. The van der Waals surface area contributed by atoms with E-state index in [1.807, 2.05) is 6.92 Å². The topological polar surface area (TPSA) is 63.0 Å². The Bertz CT molecular complexity index is 325. The lowest BCUT2D eigenvalue weighted by molar-refractivity contribution is 0.422. The summed E-state index contributed by atoms with van der Waals surface area (Å²) < 4.78 is 5.55. The van der Waals surface area contributed by atoms with Crippen LogP contribution >= 0.6 is 0 Å². The molecule has 0 aliphatic heterocycles. The fraction of sp³-hybridized carbons (Fsp3) is 0.846. The Morgan fingerprint density at radius 2 is 1.94 bits per heavy atom. The molecule has 1 aromatic rings. The number of aromatic nitrogens is 2. The number of nitrogens with one attached hydrogen (secondary N) is 2. The van der Waals surface area contributed by atoms with Crippen LogP contribution in [0.15, 0.2) is 4.42 Å². The average Bonchev–Trinajstić information content (AvgIpc) is 2.80. The molecule has 1 atom stereocenters. The summed E-state index contributed by atoms with van der Waals surface area (Å²) in [6.45, 7) is 10.5. The van der Waals surface area contributed by atoms with E-state index in [2.05, 4.69) is 41.6 Å². The van der Waals surface area contributed by atoms with Crippen molar-refractivity contribution in [2.24, 2.45) is 5.92 Å². The van der Waals surface area contributed by atoms with Crippen LogP contribution in [0.1, 0.15) is 58.9 Å². The SMILES string of the molecule is CCCNC(C)c1nnc(NCCCC(C)C)o1. The van der Waals surface area contributed by atoms with Crippen LogP contribution in [0.3, 0.4) is 0 Å². The van der Waals surface area contributed by atoms with E-state index in [9.17, 15) is 0 Å². The summed E-state index contributed by atoms with van der Waals surface area (Å²) in [6, 6.07) is 0.641. The van der Waals surface area contributed by atoms with Gasteiger partial charge in [0.15, 0.2) is 0 Å². The quantitative estimate of drug-likeness (QED) is 0.663. The largest absolute Gasteiger partial charge is 0.406 e. The van der Waals surface area contributed by atoms with Crippen molar-refractivity contribution in [2.45, 2.75) is 53.0 Å². The van der Waals surface area contributed by atoms with Crippen molar-refractivity contribution in [1.82, 2.24) is 15.5 Å². The van der Waals surface area contributed by atoms with Crippen LogP contribution in [0.2, 0.25) is 0 Å². The number of anilines is 1. The first kappa shape index (κ1) is 15.0. The maximum absolute atomic E-state index is 5.55. The minimum atomic E-state index is 0.115. The fourth-order valence-corrected chi connectivity index (χ4v) is 1.63. The zero-order chi connectivity index (χ0) is 13.4. The second-order valence-corrected chi connectivity index (χ2v) is 5.08. The zero-order valence-electron chi connectivity index (χ0n) is 12.0. The molecule has 1 heterocycles. The lowest BCUT2D eigenvalue weighted by atomic mass is 10.1. The smallest absolute Gasteiger partial charge is 0.315 e. The Balaban J connectivity index is 2.29. The van der Waals surface area contributed by atoms with Crippen molar-refractivity contribution in [3.05, 3.63) is 5.89 Å². The average molecular weight is 254 g/mol. The Labute approximate surface area is 110 Å². The lowest BCUT2D eigenvalue weighted by Gasteiger charge is -2.07. The Hall–Kier alpha value is -1.10. The van der Waals surface area contributed by atoms with E-state index in [-0.39, 0.29) is 6.04 Å². The van der Waals surface area contributed by atoms with E-state index in [4.69, 9.17) is 4.42 Å². The molecule has 0 bridgehead atoms. The third-order valence-corrected chi connectivity index (χ3v) is 2.75. The number of rotatable bonds is 9. The van der Waals surface area contributed by atoms with Gasteiger partial charge in [0.25, 0.3) is 0 Å². The molecular weight excluding hydrogens is 228 g/mol. The summed E-state index contributed by atoms with van der Waals surface area (Å²) in [7, 11) is 0. The standard InChI is InChI=1S/C13H26N4O/c1-5-8-14-11(4)12-16-17-13(18-12)15-9-6-7-10(2)3/h10-11,14H,5-9H2,1-4H3,(H,15,17). The van der Waals surface area contributed by atoms with Crippen LogP contribution in [0.4, 0.5) is 6.01 Å². The molecule has 0 spiro atoms. The van der Waals surface area contributed by atoms with Gasteiger partial charge in [-0.1, -0.05) is 25.9 Å². The first-order chi connectivity index (χ1) is 8.63. The summed E-state index contributed by atoms with van der Waals surface area (Å²) in [5.41, 5.74) is 0. The first-order valence-corrected chi connectivity index (χ1v) is 6.94. The third-order valence-electron chi connectivity index (χ3n) is 2.75. The van der Waals surface area contributed by atoms with Gasteiger partial charge in [0.1, 0.15) is 0 Å². The van der Waals surface area contributed by atoms with E-state index >= 15 is 0 Å². The van der Waals surface area contributed by atoms with Gasteiger partial charge in [0.2, 0.25) is 5.89 Å². The van der Waals surface area contributed by atoms with Gasteiger partial charge in [-0.2, -0.15) is 0 Å². The molecule has 5 heteroatoms. The highest BCUT2D eigenvalue weighted by Crippen LogP contribution is 2.13. The summed E-state index contributed by atoms with van der Waals surface area (Å²) in [4.78, 5) is 0. The molecule has 0 saturated heterocycles. The molecule has 5 nitrogen and oxygen atoms in total. The molecule has 1 unspecified atom stereocenters. The van der Waals surface area contributed by atoms with E-state index < -0.39 is 0 Å². The number of hydrogen-bond donors (Lipinski definition) is 2. The van der Waals surface area contributed by atoms with Crippen LogP contribution < -0.4 is 10.6 Å². The van der Waals surface area contributed by atoms with E-state index in [0.717, 1.165) is 31.8 Å². The molecule has 0 amide bonds. The van der Waals surface area contributed by atoms with Gasteiger partial charge in [-0.3, -0.25) is 0 Å². The highest BCUT2D eigenvalue weighted by atomic mass is 16.4. The molecule has 104 valence electrons. The maximum Gasteiger partial charge on any atom is 0.315 e. The van der Waals surface area contributed by atoms with Gasteiger partial charge in [-0.25, -0.2) is 0 Å². The van der Waals surface area contributed by atoms with E-state index in [1.54, 1.807) is 0 Å². The molecule has 0 aromatic carbocycles. The molecule has 18 heavy (non-hydrogen) atoms. The summed E-state index contributed by atoms with van der Waals surface area (Å²) >= 11 is 0. The van der Waals surface area contributed by atoms with Crippen LogP contribution in [0, 0.1) is 5.92 Å². The maximum atomic E-state index is 5.55. The molecule has 0 saturated carbocycles. The second-order valence-electron chi connectivity index (χ2n) is 5.08. The van der Waals surface area contributed by atoms with Gasteiger partial charge >= 0.3 is 6.01 Å². The van der Waals surface area contributed by atoms with Crippen molar-refractivity contribution in [1.29, 1.82) is 0 Å². The summed E-state index contributed by atoms with van der Waals surface area (Å²) in [6.07, 6.45) is 3.43. The van der Waals surface area contributed by atoms with Gasteiger partial charge in [-0.05, 0) is 38.6 Å². The fourth-order valence-electron chi connectivity index (χ4n) is 1.63.